The highest BCUT2D eigenvalue weighted by Gasteiger charge is 2.16. The summed E-state index contributed by atoms with van der Waals surface area (Å²) in [4.78, 5) is 11.9. The van der Waals surface area contributed by atoms with Gasteiger partial charge in [0, 0.05) is 12.2 Å². The second-order valence-electron chi connectivity index (χ2n) is 5.75. The third-order valence-electron chi connectivity index (χ3n) is 3.74. The van der Waals surface area contributed by atoms with Gasteiger partial charge < -0.3 is 16.2 Å². The lowest BCUT2D eigenvalue weighted by atomic mass is 10.00. The van der Waals surface area contributed by atoms with E-state index in [2.05, 4.69) is 19.2 Å². The van der Waals surface area contributed by atoms with Crippen LogP contribution in [-0.2, 0) is 4.79 Å². The zero-order valence-corrected chi connectivity index (χ0v) is 13.1. The van der Waals surface area contributed by atoms with Gasteiger partial charge in [0.25, 0.3) is 5.91 Å². The summed E-state index contributed by atoms with van der Waals surface area (Å²) < 4.78 is 0. The Morgan fingerprint density at radius 2 is 1.90 bits per heavy atom. The molecule has 1 aromatic carbocycles. The maximum Gasteiger partial charge on any atom is 0.253 e. The minimum Gasteiger partial charge on any atom is -0.399 e. The van der Waals surface area contributed by atoms with Gasteiger partial charge in [-0.25, -0.2) is 0 Å². The van der Waals surface area contributed by atoms with E-state index in [0.29, 0.717) is 23.7 Å². The number of carbonyl (C=O) groups excluding carboxylic acids is 1. The van der Waals surface area contributed by atoms with E-state index in [1.54, 1.807) is 24.3 Å². The zero-order chi connectivity index (χ0) is 15.7. The Bertz CT molecular complexity index is 417. The molecule has 0 aliphatic rings. The normalized spacial score (nSPS) is 13.7. The van der Waals surface area contributed by atoms with Crippen molar-refractivity contribution in [3.63, 3.8) is 0 Å². The molecule has 0 aliphatic heterocycles. The van der Waals surface area contributed by atoms with Gasteiger partial charge in [-0.3, -0.25) is 4.79 Å². The fraction of sp³-hybridized carbons (Fsp3) is 0.588. The van der Waals surface area contributed by atoms with Crippen molar-refractivity contribution in [1.82, 2.24) is 5.32 Å². The number of nitrogens with one attached hydrogen (secondary N) is 1. The molecule has 0 radical (unpaired) electrons. The average Bonchev–Trinajstić information content (AvgIpc) is 2.47. The molecule has 4 heteroatoms. The topological polar surface area (TPSA) is 75.3 Å². The molecule has 1 aromatic rings. The molecule has 21 heavy (non-hydrogen) atoms. The second-order valence-corrected chi connectivity index (χ2v) is 5.75. The quantitative estimate of drug-likeness (QED) is 0.484. The van der Waals surface area contributed by atoms with Gasteiger partial charge >= 0.3 is 0 Å². The number of benzene rings is 1. The van der Waals surface area contributed by atoms with E-state index in [1.165, 1.54) is 25.7 Å². The Kier molecular flexibility index (Phi) is 7.83. The predicted molar refractivity (Wildman–Crippen MR) is 86.7 cm³/mol. The van der Waals surface area contributed by atoms with E-state index >= 15 is 0 Å². The van der Waals surface area contributed by atoms with Crippen LogP contribution in [0.25, 0.3) is 0 Å². The Balaban J connectivity index is 2.28. The van der Waals surface area contributed by atoms with E-state index in [1.807, 2.05) is 0 Å². The first-order chi connectivity index (χ1) is 10.0. The van der Waals surface area contributed by atoms with Crippen LogP contribution in [0.5, 0.6) is 0 Å². The molecular formula is C17H28N2O2. The molecule has 0 heterocycles. The standard InChI is InChI=1S/C17H28N2O2/c1-3-4-5-6-13(2)11-12-19-17(21)16(20)14-7-9-15(18)10-8-14/h7-10,13,16,20H,3-6,11-12,18H2,1-2H3,(H,19,21). The van der Waals surface area contributed by atoms with Gasteiger partial charge in [-0.1, -0.05) is 51.7 Å². The molecule has 1 rings (SSSR count). The van der Waals surface area contributed by atoms with Crippen molar-refractivity contribution < 1.29 is 9.90 Å². The summed E-state index contributed by atoms with van der Waals surface area (Å²) >= 11 is 0. The Morgan fingerprint density at radius 3 is 2.52 bits per heavy atom. The van der Waals surface area contributed by atoms with E-state index in [4.69, 9.17) is 5.73 Å². The van der Waals surface area contributed by atoms with Crippen molar-refractivity contribution in [3.8, 4) is 0 Å². The summed E-state index contributed by atoms with van der Waals surface area (Å²) in [7, 11) is 0. The van der Waals surface area contributed by atoms with Gasteiger partial charge in [-0.2, -0.15) is 0 Å². The fourth-order valence-electron chi connectivity index (χ4n) is 2.26. The van der Waals surface area contributed by atoms with E-state index in [9.17, 15) is 9.90 Å². The summed E-state index contributed by atoms with van der Waals surface area (Å²) in [6.45, 7) is 5.01. The lowest BCUT2D eigenvalue weighted by Crippen LogP contribution is -2.30. The molecule has 0 saturated heterocycles. The number of hydrogen-bond acceptors (Lipinski definition) is 3. The van der Waals surface area contributed by atoms with Gasteiger partial charge in [0.15, 0.2) is 6.10 Å². The molecule has 4 nitrogen and oxygen atoms in total. The summed E-state index contributed by atoms with van der Waals surface area (Å²) in [5.41, 5.74) is 6.77. The molecule has 1 amide bonds. The highest BCUT2D eigenvalue weighted by atomic mass is 16.3. The SMILES string of the molecule is CCCCCC(C)CCNC(=O)C(O)c1ccc(N)cc1. The van der Waals surface area contributed by atoms with Crippen LogP contribution in [0.1, 0.15) is 57.6 Å². The van der Waals surface area contributed by atoms with E-state index in [-0.39, 0.29) is 5.91 Å². The second kappa shape index (κ2) is 9.40. The number of nitrogens with two attached hydrogens (primary N) is 1. The maximum atomic E-state index is 11.9. The van der Waals surface area contributed by atoms with Crippen LogP contribution >= 0.6 is 0 Å². The highest BCUT2D eigenvalue weighted by molar-refractivity contribution is 5.81. The fourth-order valence-corrected chi connectivity index (χ4v) is 2.26. The van der Waals surface area contributed by atoms with Crippen LogP contribution in [0.4, 0.5) is 5.69 Å². The largest absolute Gasteiger partial charge is 0.399 e. The lowest BCUT2D eigenvalue weighted by Gasteiger charge is -2.14. The summed E-state index contributed by atoms with van der Waals surface area (Å²) in [5, 5.41) is 12.8. The van der Waals surface area contributed by atoms with Crippen LogP contribution in [0, 0.1) is 5.92 Å². The van der Waals surface area contributed by atoms with Crippen LogP contribution in [0.3, 0.4) is 0 Å². The summed E-state index contributed by atoms with van der Waals surface area (Å²) in [6, 6.07) is 6.71. The number of amides is 1. The third kappa shape index (κ3) is 6.63. The van der Waals surface area contributed by atoms with Crippen molar-refractivity contribution in [2.45, 2.75) is 52.1 Å². The van der Waals surface area contributed by atoms with Crippen LogP contribution in [-0.4, -0.2) is 17.6 Å². The number of nitrogen functional groups attached to an aromatic ring is 1. The Hall–Kier alpha value is -1.55. The Labute approximate surface area is 127 Å². The molecule has 0 bridgehead atoms. The molecule has 2 atom stereocenters. The molecule has 4 N–H and O–H groups in total. The monoisotopic (exact) mass is 292 g/mol. The molecular weight excluding hydrogens is 264 g/mol. The summed E-state index contributed by atoms with van der Waals surface area (Å²) in [6.07, 6.45) is 4.78. The molecule has 0 aliphatic carbocycles. The molecule has 0 spiro atoms. The van der Waals surface area contributed by atoms with Crippen molar-refractivity contribution in [1.29, 1.82) is 0 Å². The molecule has 0 aromatic heterocycles. The van der Waals surface area contributed by atoms with Crippen LogP contribution in [0.2, 0.25) is 0 Å². The van der Waals surface area contributed by atoms with Crippen molar-refractivity contribution in [2.24, 2.45) is 5.92 Å². The smallest absolute Gasteiger partial charge is 0.253 e. The average molecular weight is 292 g/mol. The van der Waals surface area contributed by atoms with Gasteiger partial charge in [0.2, 0.25) is 0 Å². The number of aliphatic hydroxyl groups excluding tert-OH is 1. The first-order valence-electron chi connectivity index (χ1n) is 7.85. The zero-order valence-electron chi connectivity index (χ0n) is 13.1. The van der Waals surface area contributed by atoms with Crippen molar-refractivity contribution in [3.05, 3.63) is 29.8 Å². The molecule has 0 fully saturated rings. The number of hydrogen-bond donors (Lipinski definition) is 3. The Morgan fingerprint density at radius 1 is 1.24 bits per heavy atom. The minimum atomic E-state index is -1.12. The van der Waals surface area contributed by atoms with E-state index < -0.39 is 6.10 Å². The molecule has 2 unspecified atom stereocenters. The molecule has 0 saturated carbocycles. The maximum absolute atomic E-state index is 11.9. The molecule has 118 valence electrons. The summed E-state index contributed by atoms with van der Waals surface area (Å²) in [5.74, 6) is 0.256. The van der Waals surface area contributed by atoms with Gasteiger partial charge in [-0.15, -0.1) is 0 Å². The van der Waals surface area contributed by atoms with Crippen molar-refractivity contribution in [2.75, 3.05) is 12.3 Å². The number of unbranched alkanes of at least 4 members (excludes halogenated alkanes) is 2. The number of aliphatic hydroxyl groups is 1. The number of rotatable bonds is 9. The van der Waals surface area contributed by atoms with Gasteiger partial charge in [0.05, 0.1) is 0 Å². The number of anilines is 1. The third-order valence-corrected chi connectivity index (χ3v) is 3.74. The van der Waals surface area contributed by atoms with E-state index in [0.717, 1.165) is 6.42 Å². The van der Waals surface area contributed by atoms with Gasteiger partial charge in [0.1, 0.15) is 0 Å². The first-order valence-corrected chi connectivity index (χ1v) is 7.85. The highest BCUT2D eigenvalue weighted by Crippen LogP contribution is 2.15. The predicted octanol–water partition coefficient (Wildman–Crippen LogP) is 3.02. The lowest BCUT2D eigenvalue weighted by molar-refractivity contribution is -0.129. The van der Waals surface area contributed by atoms with Crippen LogP contribution < -0.4 is 11.1 Å². The number of carbonyl (C=O) groups is 1. The van der Waals surface area contributed by atoms with Crippen molar-refractivity contribution >= 4 is 11.6 Å². The minimum absolute atomic E-state index is 0.347. The van der Waals surface area contributed by atoms with Gasteiger partial charge in [-0.05, 0) is 30.0 Å². The van der Waals surface area contributed by atoms with Crippen LogP contribution in [0.15, 0.2) is 24.3 Å². The first kappa shape index (κ1) is 17.5.